The van der Waals surface area contributed by atoms with Crippen molar-refractivity contribution in [2.45, 2.75) is 77.2 Å². The van der Waals surface area contributed by atoms with E-state index in [1.54, 1.807) is 0 Å². The third-order valence-electron chi connectivity index (χ3n) is 6.04. The number of piperidine rings is 1. The molecule has 0 radical (unpaired) electrons. The molecule has 0 spiro atoms. The van der Waals surface area contributed by atoms with Crippen LogP contribution in [0.1, 0.15) is 71.4 Å². The predicted octanol–water partition coefficient (Wildman–Crippen LogP) is 3.78. The molecule has 1 saturated heterocycles. The molecule has 2 fully saturated rings. The van der Waals surface area contributed by atoms with Crippen LogP contribution in [0.25, 0.3) is 0 Å². The summed E-state index contributed by atoms with van der Waals surface area (Å²) in [6.45, 7) is 11.9. The first-order valence-electron chi connectivity index (χ1n) is 10.3. The summed E-state index contributed by atoms with van der Waals surface area (Å²) in [5.41, 5.74) is 2.23. The van der Waals surface area contributed by atoms with Crippen molar-refractivity contribution >= 4 is 11.8 Å². The van der Waals surface area contributed by atoms with Crippen LogP contribution >= 0.6 is 0 Å². The van der Waals surface area contributed by atoms with Crippen LogP contribution in [-0.4, -0.2) is 35.8 Å². The molecule has 1 aromatic carbocycles. The molecule has 1 N–H and O–H groups in total. The zero-order valence-electron chi connectivity index (χ0n) is 17.5. The maximum Gasteiger partial charge on any atom is 0.233 e. The SMILES string of the molecule is CC(C)C(=O)NC1CCCN(C(=O)C2(c3ccc(C(C)(C)C)cc3)CC2)C1. The van der Waals surface area contributed by atoms with Gasteiger partial charge in [0.05, 0.1) is 5.41 Å². The van der Waals surface area contributed by atoms with Gasteiger partial charge >= 0.3 is 0 Å². The molecule has 1 heterocycles. The van der Waals surface area contributed by atoms with Gasteiger partial charge in [0.2, 0.25) is 11.8 Å². The van der Waals surface area contributed by atoms with Crippen LogP contribution in [0.2, 0.25) is 0 Å². The van der Waals surface area contributed by atoms with E-state index in [4.69, 9.17) is 0 Å². The van der Waals surface area contributed by atoms with E-state index in [0.717, 1.165) is 37.8 Å². The van der Waals surface area contributed by atoms with E-state index in [9.17, 15) is 9.59 Å². The molecule has 1 aromatic rings. The minimum Gasteiger partial charge on any atom is -0.351 e. The quantitative estimate of drug-likeness (QED) is 0.877. The summed E-state index contributed by atoms with van der Waals surface area (Å²) in [5.74, 6) is 0.301. The number of rotatable bonds is 4. The normalized spacial score (nSPS) is 21.9. The van der Waals surface area contributed by atoms with Crippen molar-refractivity contribution in [1.29, 1.82) is 0 Å². The summed E-state index contributed by atoms with van der Waals surface area (Å²) in [5, 5.41) is 3.11. The Bertz CT molecular complexity index is 696. The zero-order valence-corrected chi connectivity index (χ0v) is 17.5. The van der Waals surface area contributed by atoms with Gasteiger partial charge in [-0.05, 0) is 42.2 Å². The number of benzene rings is 1. The number of amides is 2. The van der Waals surface area contributed by atoms with E-state index in [0.29, 0.717) is 6.54 Å². The molecule has 1 unspecified atom stereocenters. The Morgan fingerprint density at radius 3 is 2.30 bits per heavy atom. The fraction of sp³-hybridized carbons (Fsp3) is 0.652. The first kappa shape index (κ1) is 19.9. The van der Waals surface area contributed by atoms with Crippen molar-refractivity contribution < 1.29 is 9.59 Å². The number of likely N-dealkylation sites (tertiary alicyclic amines) is 1. The molecule has 3 rings (SSSR count). The Kier molecular flexibility index (Phi) is 5.38. The van der Waals surface area contributed by atoms with Gasteiger partial charge in [-0.25, -0.2) is 0 Å². The minimum absolute atomic E-state index is 0.0211. The van der Waals surface area contributed by atoms with Gasteiger partial charge in [0.1, 0.15) is 0 Å². The summed E-state index contributed by atoms with van der Waals surface area (Å²) in [4.78, 5) is 27.3. The Morgan fingerprint density at radius 2 is 1.78 bits per heavy atom. The molecule has 1 aliphatic heterocycles. The second kappa shape index (κ2) is 7.29. The molecule has 0 bridgehead atoms. The summed E-state index contributed by atoms with van der Waals surface area (Å²) >= 11 is 0. The van der Waals surface area contributed by atoms with Crippen molar-refractivity contribution in [3.05, 3.63) is 35.4 Å². The topological polar surface area (TPSA) is 49.4 Å². The molecule has 1 saturated carbocycles. The number of hydrogen-bond donors (Lipinski definition) is 1. The first-order valence-corrected chi connectivity index (χ1v) is 10.3. The van der Waals surface area contributed by atoms with E-state index in [1.807, 2.05) is 18.7 Å². The average Bonchev–Trinajstić information content (AvgIpc) is 3.42. The lowest BCUT2D eigenvalue weighted by atomic mass is 9.84. The fourth-order valence-electron chi connectivity index (χ4n) is 3.99. The van der Waals surface area contributed by atoms with Gasteiger partial charge in [0.15, 0.2) is 0 Å². The highest BCUT2D eigenvalue weighted by molar-refractivity contribution is 5.91. The predicted molar refractivity (Wildman–Crippen MR) is 109 cm³/mol. The number of carbonyl (C=O) groups is 2. The monoisotopic (exact) mass is 370 g/mol. The van der Waals surface area contributed by atoms with Crippen molar-refractivity contribution in [2.75, 3.05) is 13.1 Å². The van der Waals surface area contributed by atoms with Crippen LogP contribution in [0, 0.1) is 5.92 Å². The van der Waals surface area contributed by atoms with E-state index < -0.39 is 0 Å². The highest BCUT2D eigenvalue weighted by atomic mass is 16.2. The summed E-state index contributed by atoms with van der Waals surface area (Å²) < 4.78 is 0. The Hall–Kier alpha value is -1.84. The van der Waals surface area contributed by atoms with Crippen LogP contribution in [0.4, 0.5) is 0 Å². The van der Waals surface area contributed by atoms with E-state index >= 15 is 0 Å². The van der Waals surface area contributed by atoms with Crippen LogP contribution in [-0.2, 0) is 20.4 Å². The zero-order chi connectivity index (χ0) is 19.8. The van der Waals surface area contributed by atoms with Gasteiger partial charge in [-0.2, -0.15) is 0 Å². The average molecular weight is 371 g/mol. The lowest BCUT2D eigenvalue weighted by Gasteiger charge is -2.36. The highest BCUT2D eigenvalue weighted by Crippen LogP contribution is 2.50. The summed E-state index contributed by atoms with van der Waals surface area (Å²) in [6, 6.07) is 8.72. The Balaban J connectivity index is 1.70. The molecule has 1 aliphatic carbocycles. The van der Waals surface area contributed by atoms with Crippen molar-refractivity contribution in [3.8, 4) is 0 Å². The molecule has 4 nitrogen and oxygen atoms in total. The van der Waals surface area contributed by atoms with Gasteiger partial charge in [-0.15, -0.1) is 0 Å². The van der Waals surface area contributed by atoms with E-state index in [-0.39, 0.29) is 34.6 Å². The molecule has 1 atom stereocenters. The molecule has 2 aliphatic rings. The van der Waals surface area contributed by atoms with Crippen molar-refractivity contribution in [3.63, 3.8) is 0 Å². The van der Waals surface area contributed by atoms with Crippen LogP contribution in [0.15, 0.2) is 24.3 Å². The first-order chi connectivity index (χ1) is 12.6. The maximum absolute atomic E-state index is 13.3. The third-order valence-corrected chi connectivity index (χ3v) is 6.04. The van der Waals surface area contributed by atoms with Crippen molar-refractivity contribution in [2.24, 2.45) is 5.92 Å². The molecule has 27 heavy (non-hydrogen) atoms. The third kappa shape index (κ3) is 4.20. The Labute approximate surface area is 163 Å². The van der Waals surface area contributed by atoms with Gasteiger partial charge in [0.25, 0.3) is 0 Å². The summed E-state index contributed by atoms with van der Waals surface area (Å²) in [6.07, 6.45) is 3.77. The van der Waals surface area contributed by atoms with E-state index in [1.165, 1.54) is 5.56 Å². The van der Waals surface area contributed by atoms with Gasteiger partial charge in [0, 0.05) is 25.0 Å². The summed E-state index contributed by atoms with van der Waals surface area (Å²) in [7, 11) is 0. The number of hydrogen-bond acceptors (Lipinski definition) is 2. The fourth-order valence-corrected chi connectivity index (χ4v) is 3.99. The van der Waals surface area contributed by atoms with Crippen LogP contribution < -0.4 is 5.32 Å². The van der Waals surface area contributed by atoms with Gasteiger partial charge in [-0.1, -0.05) is 58.9 Å². The lowest BCUT2D eigenvalue weighted by Crippen LogP contribution is -2.52. The largest absolute Gasteiger partial charge is 0.351 e. The molecular formula is C23H34N2O2. The number of carbonyl (C=O) groups excluding carboxylic acids is 2. The van der Waals surface area contributed by atoms with Gasteiger partial charge in [-0.3, -0.25) is 9.59 Å². The lowest BCUT2D eigenvalue weighted by molar-refractivity contribution is -0.136. The second-order valence-corrected chi connectivity index (χ2v) is 9.66. The molecular weight excluding hydrogens is 336 g/mol. The molecule has 148 valence electrons. The van der Waals surface area contributed by atoms with Crippen LogP contribution in [0.5, 0.6) is 0 Å². The van der Waals surface area contributed by atoms with Gasteiger partial charge < -0.3 is 10.2 Å². The van der Waals surface area contributed by atoms with E-state index in [2.05, 4.69) is 50.4 Å². The van der Waals surface area contributed by atoms with Crippen molar-refractivity contribution in [1.82, 2.24) is 10.2 Å². The number of nitrogens with zero attached hydrogens (tertiary/aromatic N) is 1. The smallest absolute Gasteiger partial charge is 0.233 e. The highest BCUT2D eigenvalue weighted by Gasteiger charge is 2.53. The standard InChI is InChI=1S/C23H34N2O2/c1-16(2)20(26)24-19-7-6-14-25(15-19)21(27)23(12-13-23)18-10-8-17(9-11-18)22(3,4)5/h8-11,16,19H,6-7,12-15H2,1-5H3,(H,24,26). The Morgan fingerprint density at radius 1 is 1.15 bits per heavy atom. The van der Waals surface area contributed by atoms with Crippen LogP contribution in [0.3, 0.4) is 0 Å². The second-order valence-electron chi connectivity index (χ2n) is 9.66. The molecule has 4 heteroatoms. The minimum atomic E-state index is -0.333. The molecule has 0 aromatic heterocycles. The molecule has 2 amide bonds. The number of nitrogens with one attached hydrogen (secondary N) is 1. The maximum atomic E-state index is 13.3.